The van der Waals surface area contributed by atoms with E-state index in [9.17, 15) is 4.79 Å². The lowest BCUT2D eigenvalue weighted by Crippen LogP contribution is -2.18. The summed E-state index contributed by atoms with van der Waals surface area (Å²) in [6, 6.07) is 0.327. The molecule has 1 aliphatic rings. The Bertz CT molecular complexity index is 434. The zero-order valence-electron chi connectivity index (χ0n) is 11.4. The lowest BCUT2D eigenvalue weighted by molar-refractivity contribution is 0.0994. The van der Waals surface area contributed by atoms with Crippen LogP contribution in [0.15, 0.2) is 0 Å². The van der Waals surface area contributed by atoms with E-state index in [1.165, 1.54) is 12.8 Å². The second-order valence-corrected chi connectivity index (χ2v) is 5.70. The van der Waals surface area contributed by atoms with Gasteiger partial charge in [-0.2, -0.15) is 0 Å². The van der Waals surface area contributed by atoms with Gasteiger partial charge in [-0.15, -0.1) is 5.10 Å². The molecule has 0 aliphatic heterocycles. The fraction of sp³-hybridized carbons (Fsp3) is 0.769. The van der Waals surface area contributed by atoms with E-state index < -0.39 is 5.91 Å². The van der Waals surface area contributed by atoms with E-state index in [4.69, 9.17) is 5.73 Å². The highest BCUT2D eigenvalue weighted by Crippen LogP contribution is 2.39. The summed E-state index contributed by atoms with van der Waals surface area (Å²) in [6.45, 7) is 6.49. The van der Waals surface area contributed by atoms with Crippen molar-refractivity contribution in [3.8, 4) is 0 Å². The highest BCUT2D eigenvalue weighted by Gasteiger charge is 2.32. The summed E-state index contributed by atoms with van der Waals surface area (Å²) < 4.78 is 1.92. The van der Waals surface area contributed by atoms with Crippen LogP contribution in [-0.4, -0.2) is 20.9 Å². The first-order valence-electron chi connectivity index (χ1n) is 6.74. The molecule has 18 heavy (non-hydrogen) atoms. The highest BCUT2D eigenvalue weighted by atomic mass is 16.1. The molecule has 1 heterocycles. The molecule has 1 aliphatic carbocycles. The van der Waals surface area contributed by atoms with Crippen molar-refractivity contribution >= 4 is 5.91 Å². The summed E-state index contributed by atoms with van der Waals surface area (Å²) in [7, 11) is 0. The van der Waals surface area contributed by atoms with Gasteiger partial charge in [-0.3, -0.25) is 4.79 Å². The average molecular weight is 250 g/mol. The molecule has 1 amide bonds. The smallest absolute Gasteiger partial charge is 0.271 e. The molecule has 2 N–H and O–H groups in total. The lowest BCUT2D eigenvalue weighted by Gasteiger charge is -2.14. The third kappa shape index (κ3) is 2.71. The molecule has 0 spiro atoms. The number of nitrogens with two attached hydrogens (primary N) is 1. The van der Waals surface area contributed by atoms with E-state index in [0.717, 1.165) is 18.5 Å². The van der Waals surface area contributed by atoms with Crippen LogP contribution >= 0.6 is 0 Å². The molecule has 2 rings (SSSR count). The van der Waals surface area contributed by atoms with Crippen molar-refractivity contribution in [2.75, 3.05) is 0 Å². The molecule has 0 bridgehead atoms. The van der Waals surface area contributed by atoms with Crippen molar-refractivity contribution in [1.82, 2.24) is 15.0 Å². The minimum atomic E-state index is -0.469. The Morgan fingerprint density at radius 1 is 1.44 bits per heavy atom. The molecule has 0 saturated heterocycles. The molecule has 1 aromatic rings. The van der Waals surface area contributed by atoms with Gasteiger partial charge in [-0.1, -0.05) is 19.1 Å². The van der Waals surface area contributed by atoms with Gasteiger partial charge in [0.05, 0.1) is 11.7 Å². The highest BCUT2D eigenvalue weighted by molar-refractivity contribution is 5.91. The number of carbonyl (C=O) groups is 1. The number of primary amides is 1. The Kier molecular flexibility index (Phi) is 3.68. The Hall–Kier alpha value is -1.39. The second-order valence-electron chi connectivity index (χ2n) is 5.70. The SMILES string of the molecule is CC(C)CCc1c(C(N)=O)nnn1C(C)C1CC1. The molecule has 1 saturated carbocycles. The van der Waals surface area contributed by atoms with Crippen LogP contribution in [0.25, 0.3) is 0 Å². The maximum Gasteiger partial charge on any atom is 0.271 e. The summed E-state index contributed by atoms with van der Waals surface area (Å²) in [5.74, 6) is 0.804. The minimum absolute atomic E-state index is 0.327. The molecule has 1 unspecified atom stereocenters. The third-order valence-electron chi connectivity index (χ3n) is 3.67. The summed E-state index contributed by atoms with van der Waals surface area (Å²) in [6.07, 6.45) is 4.33. The zero-order valence-corrected chi connectivity index (χ0v) is 11.4. The molecule has 5 nitrogen and oxygen atoms in total. The van der Waals surface area contributed by atoms with Crippen molar-refractivity contribution in [2.45, 2.75) is 52.5 Å². The Morgan fingerprint density at radius 3 is 2.61 bits per heavy atom. The number of aromatic nitrogens is 3. The van der Waals surface area contributed by atoms with Crippen molar-refractivity contribution < 1.29 is 4.79 Å². The van der Waals surface area contributed by atoms with Crippen LogP contribution in [0.3, 0.4) is 0 Å². The fourth-order valence-corrected chi connectivity index (χ4v) is 2.27. The normalized spacial score (nSPS) is 17.1. The Labute approximate surface area is 108 Å². The molecule has 1 fully saturated rings. The lowest BCUT2D eigenvalue weighted by atomic mass is 10.0. The molecule has 1 aromatic heterocycles. The van der Waals surface area contributed by atoms with E-state index >= 15 is 0 Å². The summed E-state index contributed by atoms with van der Waals surface area (Å²) in [5, 5.41) is 8.11. The first-order chi connectivity index (χ1) is 8.50. The van der Waals surface area contributed by atoms with Gasteiger partial charge in [0.15, 0.2) is 5.69 Å². The van der Waals surface area contributed by atoms with E-state index in [1.54, 1.807) is 0 Å². The maximum absolute atomic E-state index is 11.4. The standard InChI is InChI=1S/C13H22N4O/c1-8(2)4-7-11-12(13(14)18)15-16-17(11)9(3)10-5-6-10/h8-10H,4-7H2,1-3H3,(H2,14,18). The zero-order chi connectivity index (χ0) is 13.3. The second kappa shape index (κ2) is 5.08. The van der Waals surface area contributed by atoms with Gasteiger partial charge < -0.3 is 5.73 Å². The van der Waals surface area contributed by atoms with E-state index in [2.05, 4.69) is 31.1 Å². The van der Waals surface area contributed by atoms with Crippen LogP contribution in [0.2, 0.25) is 0 Å². The van der Waals surface area contributed by atoms with Crippen molar-refractivity contribution in [2.24, 2.45) is 17.6 Å². The van der Waals surface area contributed by atoms with E-state index in [1.807, 2.05) is 4.68 Å². The number of carbonyl (C=O) groups excluding carboxylic acids is 1. The third-order valence-corrected chi connectivity index (χ3v) is 3.67. The van der Waals surface area contributed by atoms with Crippen molar-refractivity contribution in [3.05, 3.63) is 11.4 Å². The van der Waals surface area contributed by atoms with Crippen LogP contribution < -0.4 is 5.73 Å². The van der Waals surface area contributed by atoms with Crippen LogP contribution in [0.5, 0.6) is 0 Å². The first-order valence-corrected chi connectivity index (χ1v) is 6.74. The minimum Gasteiger partial charge on any atom is -0.364 e. The monoisotopic (exact) mass is 250 g/mol. The first kappa shape index (κ1) is 13.1. The summed E-state index contributed by atoms with van der Waals surface area (Å²) in [5.41, 5.74) is 6.63. The average Bonchev–Trinajstić information content (AvgIpc) is 3.04. The Balaban J connectivity index is 2.24. The van der Waals surface area contributed by atoms with Gasteiger partial charge in [-0.05, 0) is 44.4 Å². The summed E-state index contributed by atoms with van der Waals surface area (Å²) >= 11 is 0. The van der Waals surface area contributed by atoms with E-state index in [-0.39, 0.29) is 0 Å². The molecule has 1 atom stereocenters. The molecular weight excluding hydrogens is 228 g/mol. The van der Waals surface area contributed by atoms with Gasteiger partial charge in [0.25, 0.3) is 5.91 Å². The quantitative estimate of drug-likeness (QED) is 0.838. The topological polar surface area (TPSA) is 73.8 Å². The summed E-state index contributed by atoms with van der Waals surface area (Å²) in [4.78, 5) is 11.4. The van der Waals surface area contributed by atoms with Gasteiger partial charge in [-0.25, -0.2) is 4.68 Å². The van der Waals surface area contributed by atoms with Gasteiger partial charge >= 0.3 is 0 Å². The number of hydrogen-bond acceptors (Lipinski definition) is 3. The van der Waals surface area contributed by atoms with Crippen LogP contribution in [0.4, 0.5) is 0 Å². The van der Waals surface area contributed by atoms with Gasteiger partial charge in [0, 0.05) is 0 Å². The van der Waals surface area contributed by atoms with E-state index in [0.29, 0.717) is 23.6 Å². The maximum atomic E-state index is 11.4. The number of rotatable bonds is 6. The predicted octanol–water partition coefficient (Wildman–Crippen LogP) is 1.94. The number of nitrogens with zero attached hydrogens (tertiary/aromatic N) is 3. The predicted molar refractivity (Wildman–Crippen MR) is 69.1 cm³/mol. The number of hydrogen-bond donors (Lipinski definition) is 1. The molecule has 5 heteroatoms. The molecule has 0 aromatic carbocycles. The van der Waals surface area contributed by atoms with Gasteiger partial charge in [0.2, 0.25) is 0 Å². The van der Waals surface area contributed by atoms with Crippen molar-refractivity contribution in [3.63, 3.8) is 0 Å². The molecule has 0 radical (unpaired) electrons. The Morgan fingerprint density at radius 2 is 2.11 bits per heavy atom. The van der Waals surface area contributed by atoms with Crippen LogP contribution in [-0.2, 0) is 6.42 Å². The largest absolute Gasteiger partial charge is 0.364 e. The number of amides is 1. The fourth-order valence-electron chi connectivity index (χ4n) is 2.27. The molecular formula is C13H22N4O. The van der Waals surface area contributed by atoms with Crippen molar-refractivity contribution in [1.29, 1.82) is 0 Å². The van der Waals surface area contributed by atoms with Gasteiger partial charge in [0.1, 0.15) is 0 Å². The van der Waals surface area contributed by atoms with Crippen LogP contribution in [0.1, 0.15) is 62.3 Å². The molecule has 100 valence electrons. The van der Waals surface area contributed by atoms with Crippen LogP contribution in [0, 0.1) is 11.8 Å².